The van der Waals surface area contributed by atoms with Gasteiger partial charge in [-0.25, -0.2) is 9.48 Å². The van der Waals surface area contributed by atoms with Gasteiger partial charge in [0.2, 0.25) is 0 Å². The molecule has 2 amide bonds. The van der Waals surface area contributed by atoms with Crippen LogP contribution >= 0.6 is 0 Å². The van der Waals surface area contributed by atoms with E-state index in [0.717, 1.165) is 11.3 Å². The van der Waals surface area contributed by atoms with Gasteiger partial charge in [-0.15, -0.1) is 5.10 Å². The molecule has 0 aliphatic carbocycles. The third-order valence-electron chi connectivity index (χ3n) is 4.56. The molecule has 2 aromatic rings. The monoisotopic (exact) mass is 357 g/mol. The molecule has 0 unspecified atom stereocenters. The molecule has 1 aromatic heterocycles. The van der Waals surface area contributed by atoms with Crippen LogP contribution in [0.2, 0.25) is 0 Å². The molecular weight excluding hydrogens is 334 g/mol. The van der Waals surface area contributed by atoms with Gasteiger partial charge in [0, 0.05) is 26.2 Å². The molecule has 1 aliphatic heterocycles. The van der Waals surface area contributed by atoms with E-state index in [1.165, 1.54) is 5.56 Å². The molecule has 1 aromatic carbocycles. The summed E-state index contributed by atoms with van der Waals surface area (Å²) >= 11 is 0. The second-order valence-corrected chi connectivity index (χ2v) is 6.30. The van der Waals surface area contributed by atoms with Crippen molar-refractivity contribution in [1.29, 1.82) is 0 Å². The second-order valence-electron chi connectivity index (χ2n) is 6.30. The summed E-state index contributed by atoms with van der Waals surface area (Å²) in [6.45, 7) is 8.01. The molecule has 0 spiro atoms. The third kappa shape index (κ3) is 3.68. The van der Waals surface area contributed by atoms with Crippen LogP contribution in [0.5, 0.6) is 0 Å². The van der Waals surface area contributed by atoms with Crippen LogP contribution in [0, 0.1) is 13.8 Å². The van der Waals surface area contributed by atoms with E-state index in [0.29, 0.717) is 38.5 Å². The molecule has 8 heteroatoms. The van der Waals surface area contributed by atoms with Gasteiger partial charge in [-0.2, -0.15) is 0 Å². The maximum atomic E-state index is 12.6. The van der Waals surface area contributed by atoms with E-state index in [1.54, 1.807) is 27.6 Å². The molecular formula is C18H23N5O3. The van der Waals surface area contributed by atoms with Gasteiger partial charge >= 0.3 is 6.09 Å². The third-order valence-corrected chi connectivity index (χ3v) is 4.56. The summed E-state index contributed by atoms with van der Waals surface area (Å²) in [5.41, 5.74) is 3.52. The molecule has 1 fully saturated rings. The van der Waals surface area contributed by atoms with Gasteiger partial charge < -0.3 is 14.5 Å². The molecule has 26 heavy (non-hydrogen) atoms. The van der Waals surface area contributed by atoms with Crippen molar-refractivity contribution in [2.45, 2.75) is 20.8 Å². The number of hydrogen-bond acceptors (Lipinski definition) is 5. The van der Waals surface area contributed by atoms with Gasteiger partial charge in [-0.3, -0.25) is 4.79 Å². The molecule has 0 N–H and O–H groups in total. The Balaban J connectivity index is 1.65. The molecule has 3 rings (SSSR count). The largest absolute Gasteiger partial charge is 0.450 e. The summed E-state index contributed by atoms with van der Waals surface area (Å²) in [6.07, 6.45) is 1.31. The van der Waals surface area contributed by atoms with Crippen LogP contribution in [0.25, 0.3) is 5.69 Å². The maximum absolute atomic E-state index is 12.6. The van der Waals surface area contributed by atoms with Crippen molar-refractivity contribution >= 4 is 12.0 Å². The quantitative estimate of drug-likeness (QED) is 0.837. The van der Waals surface area contributed by atoms with E-state index in [4.69, 9.17) is 4.74 Å². The number of piperazine rings is 1. The van der Waals surface area contributed by atoms with Crippen LogP contribution in [-0.4, -0.2) is 69.6 Å². The van der Waals surface area contributed by atoms with E-state index >= 15 is 0 Å². The highest BCUT2D eigenvalue weighted by Gasteiger charge is 2.27. The zero-order valence-electron chi connectivity index (χ0n) is 15.3. The first-order valence-electron chi connectivity index (χ1n) is 8.70. The molecule has 0 atom stereocenters. The van der Waals surface area contributed by atoms with Gasteiger partial charge in [0.25, 0.3) is 5.91 Å². The lowest BCUT2D eigenvalue weighted by atomic mass is 10.1. The minimum absolute atomic E-state index is 0.177. The first kappa shape index (κ1) is 17.9. The lowest BCUT2D eigenvalue weighted by Gasteiger charge is -2.33. The van der Waals surface area contributed by atoms with E-state index in [1.807, 2.05) is 32.0 Å². The van der Waals surface area contributed by atoms with Crippen LogP contribution in [0.4, 0.5) is 4.79 Å². The normalized spacial score (nSPS) is 14.4. The molecule has 2 heterocycles. The number of ether oxygens (including phenoxy) is 1. The number of benzene rings is 1. The first-order chi connectivity index (χ1) is 12.5. The first-order valence-corrected chi connectivity index (χ1v) is 8.70. The highest BCUT2D eigenvalue weighted by molar-refractivity contribution is 5.92. The van der Waals surface area contributed by atoms with E-state index in [-0.39, 0.29) is 12.0 Å². The maximum Gasteiger partial charge on any atom is 0.409 e. The zero-order chi connectivity index (χ0) is 18.7. The van der Waals surface area contributed by atoms with E-state index in [9.17, 15) is 9.59 Å². The number of aryl methyl sites for hydroxylation is 2. The van der Waals surface area contributed by atoms with Crippen molar-refractivity contribution < 1.29 is 14.3 Å². The number of carbonyl (C=O) groups excluding carboxylic acids is 2. The van der Waals surface area contributed by atoms with Crippen LogP contribution in [0.15, 0.2) is 24.4 Å². The van der Waals surface area contributed by atoms with Gasteiger partial charge in [-0.1, -0.05) is 11.3 Å². The van der Waals surface area contributed by atoms with Crippen molar-refractivity contribution in [1.82, 2.24) is 24.8 Å². The molecule has 0 saturated carbocycles. The Bertz CT molecular complexity index is 809. The topological polar surface area (TPSA) is 80.6 Å². The van der Waals surface area contributed by atoms with Crippen molar-refractivity contribution in [3.63, 3.8) is 0 Å². The highest BCUT2D eigenvalue weighted by Crippen LogP contribution is 2.14. The standard InChI is InChI=1S/C18H23N5O3/c1-4-26-18(25)22-9-7-21(8-10-22)17(24)16-12-23(20-19-16)15-6-5-13(2)14(3)11-15/h5-6,11-12H,4,7-10H2,1-3H3. The van der Waals surface area contributed by atoms with Gasteiger partial charge in [-0.05, 0) is 44.0 Å². The number of rotatable bonds is 3. The van der Waals surface area contributed by atoms with E-state index in [2.05, 4.69) is 10.3 Å². The summed E-state index contributed by atoms with van der Waals surface area (Å²) in [5, 5.41) is 8.10. The highest BCUT2D eigenvalue weighted by atomic mass is 16.6. The summed E-state index contributed by atoms with van der Waals surface area (Å²) < 4.78 is 6.60. The number of nitrogens with zero attached hydrogens (tertiary/aromatic N) is 5. The molecule has 0 radical (unpaired) electrons. The van der Waals surface area contributed by atoms with Crippen molar-refractivity contribution in [2.75, 3.05) is 32.8 Å². The number of carbonyl (C=O) groups is 2. The lowest BCUT2D eigenvalue weighted by Crippen LogP contribution is -2.50. The fourth-order valence-corrected chi connectivity index (χ4v) is 2.82. The molecule has 1 saturated heterocycles. The molecule has 8 nitrogen and oxygen atoms in total. The van der Waals surface area contributed by atoms with Crippen LogP contribution in [-0.2, 0) is 4.74 Å². The Morgan fingerprint density at radius 3 is 2.42 bits per heavy atom. The molecule has 138 valence electrons. The minimum Gasteiger partial charge on any atom is -0.450 e. The van der Waals surface area contributed by atoms with Gasteiger partial charge in [0.15, 0.2) is 5.69 Å². The summed E-state index contributed by atoms with van der Waals surface area (Å²) in [7, 11) is 0. The van der Waals surface area contributed by atoms with Crippen LogP contribution in [0.1, 0.15) is 28.5 Å². The Morgan fingerprint density at radius 1 is 1.08 bits per heavy atom. The van der Waals surface area contributed by atoms with Gasteiger partial charge in [0.1, 0.15) is 0 Å². The molecule has 0 bridgehead atoms. The van der Waals surface area contributed by atoms with Crippen molar-refractivity contribution in [3.05, 3.63) is 41.2 Å². The average molecular weight is 357 g/mol. The Morgan fingerprint density at radius 2 is 1.77 bits per heavy atom. The van der Waals surface area contributed by atoms with Crippen molar-refractivity contribution in [3.8, 4) is 5.69 Å². The SMILES string of the molecule is CCOC(=O)N1CCN(C(=O)c2cn(-c3ccc(C)c(C)c3)nn2)CC1. The number of hydrogen-bond donors (Lipinski definition) is 0. The lowest BCUT2D eigenvalue weighted by molar-refractivity contribution is 0.0566. The number of amides is 2. The van der Waals surface area contributed by atoms with Crippen LogP contribution < -0.4 is 0 Å². The van der Waals surface area contributed by atoms with Crippen LogP contribution in [0.3, 0.4) is 0 Å². The zero-order valence-corrected chi connectivity index (χ0v) is 15.3. The Kier molecular flexibility index (Phi) is 5.20. The summed E-state index contributed by atoms with van der Waals surface area (Å²) in [4.78, 5) is 27.7. The minimum atomic E-state index is -0.333. The van der Waals surface area contributed by atoms with E-state index < -0.39 is 0 Å². The second kappa shape index (κ2) is 7.55. The fourth-order valence-electron chi connectivity index (χ4n) is 2.82. The van der Waals surface area contributed by atoms with Crippen molar-refractivity contribution in [2.24, 2.45) is 0 Å². The predicted octanol–water partition coefficient (Wildman–Crippen LogP) is 1.80. The van der Waals surface area contributed by atoms with Gasteiger partial charge in [0.05, 0.1) is 18.5 Å². The number of aromatic nitrogens is 3. The Labute approximate surface area is 152 Å². The smallest absolute Gasteiger partial charge is 0.409 e. The Hall–Kier alpha value is -2.90. The summed E-state index contributed by atoms with van der Waals surface area (Å²) in [6, 6.07) is 5.97. The molecule has 1 aliphatic rings. The fraction of sp³-hybridized carbons (Fsp3) is 0.444. The summed E-state index contributed by atoms with van der Waals surface area (Å²) in [5.74, 6) is -0.177. The predicted molar refractivity (Wildman–Crippen MR) is 95.3 cm³/mol. The average Bonchev–Trinajstić information content (AvgIpc) is 3.14.